The van der Waals surface area contributed by atoms with E-state index in [1.165, 1.54) is 0 Å². The van der Waals surface area contributed by atoms with Gasteiger partial charge in [-0.25, -0.2) is 0 Å². The highest BCUT2D eigenvalue weighted by Crippen LogP contribution is 1.79. The standard InChI is InChI=1S/C5H12N2O/c1-3-4-8-7-5(2)6/h3-4H2,1-2H3,(H2,6,7). The van der Waals surface area contributed by atoms with Gasteiger partial charge >= 0.3 is 0 Å². The summed E-state index contributed by atoms with van der Waals surface area (Å²) in [7, 11) is 0. The SMILES string of the molecule is CCCO/N=C(/C)N. The molecule has 0 saturated carbocycles. The average Bonchev–Trinajstić information content (AvgIpc) is 1.66. The summed E-state index contributed by atoms with van der Waals surface area (Å²) in [5.74, 6) is 0.471. The summed E-state index contributed by atoms with van der Waals surface area (Å²) in [4.78, 5) is 4.71. The third-order valence-corrected chi connectivity index (χ3v) is 0.504. The zero-order chi connectivity index (χ0) is 6.41. The largest absolute Gasteiger partial charge is 0.394 e. The predicted molar refractivity (Wildman–Crippen MR) is 33.5 cm³/mol. The van der Waals surface area contributed by atoms with Crippen LogP contribution in [0.4, 0.5) is 0 Å². The van der Waals surface area contributed by atoms with Crippen LogP contribution < -0.4 is 5.73 Å². The van der Waals surface area contributed by atoms with Gasteiger partial charge in [0.05, 0.1) is 0 Å². The fourth-order valence-corrected chi connectivity index (χ4v) is 0.239. The molecule has 0 radical (unpaired) electrons. The Labute approximate surface area is 49.5 Å². The Hall–Kier alpha value is -0.730. The zero-order valence-corrected chi connectivity index (χ0v) is 5.35. The molecule has 0 amide bonds. The maximum absolute atomic E-state index is 5.16. The maximum atomic E-state index is 5.16. The van der Waals surface area contributed by atoms with Crippen molar-refractivity contribution in [1.82, 2.24) is 0 Å². The summed E-state index contributed by atoms with van der Waals surface area (Å²) in [6, 6.07) is 0. The minimum absolute atomic E-state index is 0.471. The van der Waals surface area contributed by atoms with Gasteiger partial charge in [0.25, 0.3) is 0 Å². The quantitative estimate of drug-likeness (QED) is 0.255. The first-order valence-corrected chi connectivity index (χ1v) is 2.69. The average molecular weight is 116 g/mol. The molecule has 0 aromatic carbocycles. The summed E-state index contributed by atoms with van der Waals surface area (Å²) in [6.07, 6.45) is 0.969. The van der Waals surface area contributed by atoms with Gasteiger partial charge in [0.2, 0.25) is 0 Å². The highest BCUT2D eigenvalue weighted by Gasteiger charge is 1.77. The van der Waals surface area contributed by atoms with E-state index < -0.39 is 0 Å². The van der Waals surface area contributed by atoms with Gasteiger partial charge in [-0.05, 0) is 13.3 Å². The number of amidine groups is 1. The van der Waals surface area contributed by atoms with Crippen LogP contribution in [0.2, 0.25) is 0 Å². The second-order valence-corrected chi connectivity index (χ2v) is 1.57. The Morgan fingerprint density at radius 2 is 2.38 bits per heavy atom. The first-order chi connectivity index (χ1) is 3.77. The van der Waals surface area contributed by atoms with Crippen LogP contribution in [0.25, 0.3) is 0 Å². The molecule has 0 aliphatic carbocycles. The highest BCUT2D eigenvalue weighted by atomic mass is 16.6. The van der Waals surface area contributed by atoms with E-state index >= 15 is 0 Å². The lowest BCUT2D eigenvalue weighted by Crippen LogP contribution is -2.05. The van der Waals surface area contributed by atoms with Gasteiger partial charge in [-0.1, -0.05) is 12.1 Å². The van der Waals surface area contributed by atoms with E-state index in [9.17, 15) is 0 Å². The second kappa shape index (κ2) is 4.43. The molecule has 2 N–H and O–H groups in total. The summed E-state index contributed by atoms with van der Waals surface area (Å²) in [5, 5.41) is 3.51. The van der Waals surface area contributed by atoms with E-state index in [0.29, 0.717) is 12.4 Å². The number of rotatable bonds is 3. The van der Waals surface area contributed by atoms with Crippen LogP contribution in [0, 0.1) is 0 Å². The minimum Gasteiger partial charge on any atom is -0.394 e. The number of hydrogen-bond donors (Lipinski definition) is 1. The van der Waals surface area contributed by atoms with Crippen LogP contribution in [0.3, 0.4) is 0 Å². The van der Waals surface area contributed by atoms with E-state index in [0.717, 1.165) is 6.42 Å². The fourth-order valence-electron chi connectivity index (χ4n) is 0.239. The molecule has 0 bridgehead atoms. The van der Waals surface area contributed by atoms with Gasteiger partial charge in [0, 0.05) is 0 Å². The van der Waals surface area contributed by atoms with Crippen molar-refractivity contribution in [2.24, 2.45) is 10.9 Å². The van der Waals surface area contributed by atoms with E-state index in [4.69, 9.17) is 10.6 Å². The van der Waals surface area contributed by atoms with E-state index in [1.54, 1.807) is 6.92 Å². The van der Waals surface area contributed by atoms with Gasteiger partial charge in [0.15, 0.2) is 0 Å². The van der Waals surface area contributed by atoms with Gasteiger partial charge in [0.1, 0.15) is 12.4 Å². The van der Waals surface area contributed by atoms with Gasteiger partial charge in [-0.15, -0.1) is 0 Å². The smallest absolute Gasteiger partial charge is 0.136 e. The van der Waals surface area contributed by atoms with Crippen LogP contribution in [0.15, 0.2) is 5.16 Å². The van der Waals surface area contributed by atoms with Crippen LogP contribution in [-0.4, -0.2) is 12.4 Å². The first-order valence-electron chi connectivity index (χ1n) is 2.69. The predicted octanol–water partition coefficient (Wildman–Crippen LogP) is 0.705. The van der Waals surface area contributed by atoms with E-state index in [-0.39, 0.29) is 0 Å². The Balaban J connectivity index is 3.03. The molecular formula is C5H12N2O. The molecule has 0 heterocycles. The monoisotopic (exact) mass is 116 g/mol. The van der Waals surface area contributed by atoms with Crippen LogP contribution in [0.1, 0.15) is 20.3 Å². The van der Waals surface area contributed by atoms with Crippen LogP contribution in [-0.2, 0) is 4.84 Å². The Bertz CT molecular complexity index is 76.5. The molecule has 0 aliphatic rings. The molecule has 0 rings (SSSR count). The lowest BCUT2D eigenvalue weighted by atomic mass is 10.5. The lowest BCUT2D eigenvalue weighted by Gasteiger charge is -1.93. The minimum atomic E-state index is 0.471. The summed E-state index contributed by atoms with van der Waals surface area (Å²) >= 11 is 0. The van der Waals surface area contributed by atoms with Crippen molar-refractivity contribution in [2.45, 2.75) is 20.3 Å². The Morgan fingerprint density at radius 3 is 2.75 bits per heavy atom. The first kappa shape index (κ1) is 7.27. The van der Waals surface area contributed by atoms with Crippen molar-refractivity contribution in [3.63, 3.8) is 0 Å². The van der Waals surface area contributed by atoms with E-state index in [1.807, 2.05) is 6.92 Å². The number of oxime groups is 1. The van der Waals surface area contributed by atoms with Crippen molar-refractivity contribution in [1.29, 1.82) is 0 Å². The van der Waals surface area contributed by atoms with E-state index in [2.05, 4.69) is 5.16 Å². The second-order valence-electron chi connectivity index (χ2n) is 1.57. The molecule has 0 aromatic rings. The number of hydrogen-bond acceptors (Lipinski definition) is 2. The van der Waals surface area contributed by atoms with Crippen molar-refractivity contribution in [2.75, 3.05) is 6.61 Å². The third-order valence-electron chi connectivity index (χ3n) is 0.504. The Morgan fingerprint density at radius 1 is 1.75 bits per heavy atom. The van der Waals surface area contributed by atoms with Crippen molar-refractivity contribution >= 4 is 5.84 Å². The van der Waals surface area contributed by atoms with Gasteiger partial charge in [-0.3, -0.25) is 0 Å². The molecule has 0 aliphatic heterocycles. The van der Waals surface area contributed by atoms with Crippen molar-refractivity contribution in [3.8, 4) is 0 Å². The fraction of sp³-hybridized carbons (Fsp3) is 0.800. The summed E-state index contributed by atoms with van der Waals surface area (Å²) < 4.78 is 0. The third kappa shape index (κ3) is 5.27. The molecule has 0 fully saturated rings. The van der Waals surface area contributed by atoms with Crippen LogP contribution >= 0.6 is 0 Å². The molecule has 0 saturated heterocycles. The normalized spacial score (nSPS) is 11.5. The number of nitrogens with two attached hydrogens (primary N) is 1. The maximum Gasteiger partial charge on any atom is 0.136 e. The Kier molecular flexibility index (Phi) is 4.03. The molecule has 0 spiro atoms. The molecule has 0 aromatic heterocycles. The highest BCUT2D eigenvalue weighted by molar-refractivity contribution is 5.76. The molecular weight excluding hydrogens is 104 g/mol. The topological polar surface area (TPSA) is 47.6 Å². The molecule has 8 heavy (non-hydrogen) atoms. The number of nitrogens with zero attached hydrogens (tertiary/aromatic N) is 1. The van der Waals surface area contributed by atoms with Gasteiger partial charge < -0.3 is 10.6 Å². The molecule has 3 nitrogen and oxygen atoms in total. The summed E-state index contributed by atoms with van der Waals surface area (Å²) in [6.45, 7) is 4.35. The molecule has 48 valence electrons. The molecule has 0 unspecified atom stereocenters. The lowest BCUT2D eigenvalue weighted by molar-refractivity contribution is 0.144. The molecule has 3 heteroatoms. The summed E-state index contributed by atoms with van der Waals surface area (Å²) in [5.41, 5.74) is 5.16. The van der Waals surface area contributed by atoms with Crippen molar-refractivity contribution < 1.29 is 4.84 Å². The molecule has 0 atom stereocenters. The van der Waals surface area contributed by atoms with Crippen molar-refractivity contribution in [3.05, 3.63) is 0 Å². The zero-order valence-electron chi connectivity index (χ0n) is 5.35. The van der Waals surface area contributed by atoms with Crippen LogP contribution in [0.5, 0.6) is 0 Å². The van der Waals surface area contributed by atoms with Gasteiger partial charge in [-0.2, -0.15) is 0 Å².